The molecule has 0 atom stereocenters. The van der Waals surface area contributed by atoms with E-state index in [9.17, 15) is 14.7 Å². The van der Waals surface area contributed by atoms with Crippen molar-refractivity contribution < 1.29 is 14.7 Å². The van der Waals surface area contributed by atoms with Crippen molar-refractivity contribution in [3.8, 4) is 0 Å². The van der Waals surface area contributed by atoms with Crippen LogP contribution in [0, 0.1) is 0 Å². The molecule has 114 valence electrons. The van der Waals surface area contributed by atoms with E-state index in [1.165, 1.54) is 11.0 Å². The number of carbonyl (C=O) groups excluding carboxylic acids is 1. The van der Waals surface area contributed by atoms with Gasteiger partial charge in [-0.15, -0.1) is 0 Å². The van der Waals surface area contributed by atoms with Crippen molar-refractivity contribution in [1.29, 1.82) is 0 Å². The van der Waals surface area contributed by atoms with Crippen LogP contribution in [0.1, 0.15) is 20.7 Å². The summed E-state index contributed by atoms with van der Waals surface area (Å²) in [7, 11) is 1.68. The van der Waals surface area contributed by atoms with E-state index >= 15 is 0 Å². The van der Waals surface area contributed by atoms with Gasteiger partial charge in [0, 0.05) is 23.7 Å². The molecule has 0 fully saturated rings. The average Bonchev–Trinajstić information content (AvgIpc) is 2.60. The number of nitrogens with zero attached hydrogens (tertiary/aromatic N) is 1. The summed E-state index contributed by atoms with van der Waals surface area (Å²) < 4.78 is 0. The van der Waals surface area contributed by atoms with Crippen molar-refractivity contribution in [2.45, 2.75) is 0 Å². The van der Waals surface area contributed by atoms with Crippen LogP contribution in [0.2, 0.25) is 0 Å². The van der Waals surface area contributed by atoms with Crippen molar-refractivity contribution in [1.82, 2.24) is 0 Å². The van der Waals surface area contributed by atoms with Crippen LogP contribution >= 0.6 is 0 Å². The number of rotatable bonds is 3. The van der Waals surface area contributed by atoms with Gasteiger partial charge in [0.05, 0.1) is 5.56 Å². The Labute approximate surface area is 133 Å². The van der Waals surface area contributed by atoms with E-state index in [-0.39, 0.29) is 11.5 Å². The summed E-state index contributed by atoms with van der Waals surface area (Å²) >= 11 is 0. The Morgan fingerprint density at radius 3 is 2.04 bits per heavy atom. The van der Waals surface area contributed by atoms with Crippen molar-refractivity contribution >= 4 is 28.3 Å². The molecule has 1 N–H and O–H groups in total. The number of amides is 1. The minimum Gasteiger partial charge on any atom is -0.478 e. The monoisotopic (exact) mass is 305 g/mol. The number of anilines is 1. The predicted octanol–water partition coefficient (Wildman–Crippen LogP) is 3.81. The molecule has 0 radical (unpaired) electrons. The van der Waals surface area contributed by atoms with Crippen molar-refractivity contribution in [3.05, 3.63) is 77.9 Å². The molecule has 1 amide bonds. The number of carboxylic acid groups (broad SMARTS) is 1. The number of carboxylic acids is 1. The van der Waals surface area contributed by atoms with Crippen LogP contribution in [0.4, 0.5) is 5.69 Å². The summed E-state index contributed by atoms with van der Waals surface area (Å²) in [5.41, 5.74) is 1.27. The number of aromatic carboxylic acids is 1. The largest absolute Gasteiger partial charge is 0.478 e. The SMILES string of the molecule is CN(C(=O)c1cccc2cccc(C(=O)O)c12)c1ccccc1. The number of hydrogen-bond donors (Lipinski definition) is 1. The molecule has 0 heterocycles. The Bertz CT molecular complexity index is 882. The van der Waals surface area contributed by atoms with Crippen LogP contribution in [-0.2, 0) is 0 Å². The van der Waals surface area contributed by atoms with Crippen molar-refractivity contribution in [3.63, 3.8) is 0 Å². The van der Waals surface area contributed by atoms with Crippen LogP contribution in [0.25, 0.3) is 10.8 Å². The summed E-state index contributed by atoms with van der Waals surface area (Å²) in [4.78, 5) is 25.9. The molecule has 3 aromatic rings. The molecule has 0 spiro atoms. The van der Waals surface area contributed by atoms with Crippen LogP contribution in [0.5, 0.6) is 0 Å². The Balaban J connectivity index is 2.16. The third-order valence-electron chi connectivity index (χ3n) is 3.81. The summed E-state index contributed by atoms with van der Waals surface area (Å²) in [6.07, 6.45) is 0. The smallest absolute Gasteiger partial charge is 0.336 e. The minimum absolute atomic E-state index is 0.132. The quantitative estimate of drug-likeness (QED) is 0.800. The third kappa shape index (κ3) is 2.66. The summed E-state index contributed by atoms with van der Waals surface area (Å²) in [6, 6.07) is 19.5. The van der Waals surface area contributed by atoms with Gasteiger partial charge in [0.15, 0.2) is 0 Å². The predicted molar refractivity (Wildman–Crippen MR) is 90.1 cm³/mol. The zero-order valence-corrected chi connectivity index (χ0v) is 12.6. The molecule has 0 aromatic heterocycles. The van der Waals surface area contributed by atoms with E-state index in [4.69, 9.17) is 0 Å². The third-order valence-corrected chi connectivity index (χ3v) is 3.81. The molecule has 4 nitrogen and oxygen atoms in total. The normalized spacial score (nSPS) is 10.5. The van der Waals surface area contributed by atoms with Gasteiger partial charge < -0.3 is 10.0 Å². The fraction of sp³-hybridized carbons (Fsp3) is 0.0526. The zero-order valence-electron chi connectivity index (χ0n) is 12.6. The lowest BCUT2D eigenvalue weighted by atomic mass is 9.98. The van der Waals surface area contributed by atoms with Gasteiger partial charge in [-0.1, -0.05) is 42.5 Å². The van der Waals surface area contributed by atoms with Gasteiger partial charge in [-0.25, -0.2) is 4.79 Å². The van der Waals surface area contributed by atoms with Gasteiger partial charge in [-0.05, 0) is 29.7 Å². The number of hydrogen-bond acceptors (Lipinski definition) is 2. The number of benzene rings is 3. The van der Waals surface area contributed by atoms with E-state index in [0.29, 0.717) is 10.9 Å². The first kappa shape index (κ1) is 14.8. The molecule has 0 bridgehead atoms. The highest BCUT2D eigenvalue weighted by atomic mass is 16.4. The fourth-order valence-corrected chi connectivity index (χ4v) is 2.65. The van der Waals surface area contributed by atoms with E-state index < -0.39 is 5.97 Å². The molecular formula is C19H15NO3. The van der Waals surface area contributed by atoms with Crippen LogP contribution in [0.15, 0.2) is 66.7 Å². The standard InChI is InChI=1S/C19H15NO3/c1-20(14-9-3-2-4-10-14)18(21)15-11-5-7-13-8-6-12-16(17(13)15)19(22)23/h2-12H,1H3,(H,22,23). The maximum atomic E-state index is 12.9. The van der Waals surface area contributed by atoms with Gasteiger partial charge >= 0.3 is 5.97 Å². The lowest BCUT2D eigenvalue weighted by molar-refractivity contribution is 0.0699. The van der Waals surface area contributed by atoms with Gasteiger partial charge in [0.1, 0.15) is 0 Å². The fourth-order valence-electron chi connectivity index (χ4n) is 2.65. The highest BCUT2D eigenvalue weighted by Gasteiger charge is 2.19. The second-order valence-corrected chi connectivity index (χ2v) is 5.21. The first-order chi connectivity index (χ1) is 11.1. The van der Waals surface area contributed by atoms with Crippen LogP contribution in [0.3, 0.4) is 0 Å². The Morgan fingerprint density at radius 2 is 1.43 bits per heavy atom. The van der Waals surface area contributed by atoms with E-state index in [2.05, 4.69) is 0 Å². The molecule has 0 aliphatic carbocycles. The summed E-state index contributed by atoms with van der Waals surface area (Å²) in [5, 5.41) is 10.6. The maximum absolute atomic E-state index is 12.9. The first-order valence-electron chi connectivity index (χ1n) is 7.17. The van der Waals surface area contributed by atoms with Crippen LogP contribution < -0.4 is 4.90 Å². The highest BCUT2D eigenvalue weighted by molar-refractivity contribution is 6.18. The van der Waals surface area contributed by atoms with Gasteiger partial charge in [-0.2, -0.15) is 0 Å². The molecule has 23 heavy (non-hydrogen) atoms. The molecule has 0 aliphatic rings. The van der Waals surface area contributed by atoms with Crippen molar-refractivity contribution in [2.24, 2.45) is 0 Å². The summed E-state index contributed by atoms with van der Waals surface area (Å²) in [5.74, 6) is -1.28. The van der Waals surface area contributed by atoms with Crippen molar-refractivity contribution in [2.75, 3.05) is 11.9 Å². The molecule has 4 heteroatoms. The van der Waals surface area contributed by atoms with Crippen LogP contribution in [-0.4, -0.2) is 24.0 Å². The molecule has 3 rings (SSSR count). The van der Waals surface area contributed by atoms with Gasteiger partial charge in [-0.3, -0.25) is 4.79 Å². The molecule has 0 saturated heterocycles. The van der Waals surface area contributed by atoms with E-state index in [1.54, 1.807) is 37.4 Å². The van der Waals surface area contributed by atoms with E-state index in [0.717, 1.165) is 11.1 Å². The number of carbonyl (C=O) groups is 2. The second-order valence-electron chi connectivity index (χ2n) is 5.21. The zero-order chi connectivity index (χ0) is 16.4. The van der Waals surface area contributed by atoms with E-state index in [1.807, 2.05) is 30.3 Å². The molecule has 0 unspecified atom stereocenters. The number of fused-ring (bicyclic) bond motifs is 1. The average molecular weight is 305 g/mol. The Hall–Kier alpha value is -3.14. The lowest BCUT2D eigenvalue weighted by Crippen LogP contribution is -2.26. The maximum Gasteiger partial charge on any atom is 0.336 e. The van der Waals surface area contributed by atoms with Gasteiger partial charge in [0.2, 0.25) is 0 Å². The number of para-hydroxylation sites is 1. The highest BCUT2D eigenvalue weighted by Crippen LogP contribution is 2.25. The first-order valence-corrected chi connectivity index (χ1v) is 7.17. The molecular weight excluding hydrogens is 290 g/mol. The van der Waals surface area contributed by atoms with Gasteiger partial charge in [0.25, 0.3) is 5.91 Å². The lowest BCUT2D eigenvalue weighted by Gasteiger charge is -2.19. The Kier molecular flexibility index (Phi) is 3.81. The molecule has 0 saturated carbocycles. The minimum atomic E-state index is -1.04. The Morgan fingerprint density at radius 1 is 0.826 bits per heavy atom. The molecule has 0 aliphatic heterocycles. The summed E-state index contributed by atoms with van der Waals surface area (Å²) in [6.45, 7) is 0. The topological polar surface area (TPSA) is 57.6 Å². The molecule has 3 aromatic carbocycles. The second kappa shape index (κ2) is 5.93.